The number of nitrogens with zero attached hydrogens (tertiary/aromatic N) is 1. The Kier molecular flexibility index (Phi) is 9.20. The smallest absolute Gasteiger partial charge is 0.170 e. The Bertz CT molecular complexity index is 629. The van der Waals surface area contributed by atoms with E-state index in [4.69, 9.17) is 9.47 Å². The van der Waals surface area contributed by atoms with Crippen LogP contribution in [-0.4, -0.2) is 54.2 Å². The van der Waals surface area contributed by atoms with Crippen molar-refractivity contribution in [2.24, 2.45) is 34.0 Å². The fraction of sp³-hybridized carbons (Fsp3) is 1.00. The largest absolute Gasteiger partial charge is 0.389 e. The van der Waals surface area contributed by atoms with Crippen LogP contribution in [0.25, 0.3) is 0 Å². The van der Waals surface area contributed by atoms with E-state index in [1.54, 1.807) is 0 Å². The molecule has 0 radical (unpaired) electrons. The molecule has 1 heterocycles. The summed E-state index contributed by atoms with van der Waals surface area (Å²) < 4.78 is 12.7. The quantitative estimate of drug-likeness (QED) is 0.469. The first kappa shape index (κ1) is 29.1. The van der Waals surface area contributed by atoms with E-state index in [0.717, 1.165) is 37.3 Å². The summed E-state index contributed by atoms with van der Waals surface area (Å²) in [6.07, 6.45) is 8.12. The summed E-state index contributed by atoms with van der Waals surface area (Å²) in [7, 11) is 0. The van der Waals surface area contributed by atoms with Gasteiger partial charge in [0.05, 0.1) is 18.3 Å². The molecule has 1 saturated heterocycles. The number of hydrogen-bond donors (Lipinski definition) is 1. The summed E-state index contributed by atoms with van der Waals surface area (Å²) in [5.74, 6) is 2.53. The van der Waals surface area contributed by atoms with Crippen molar-refractivity contribution >= 4 is 0 Å². The molecule has 0 aromatic carbocycles. The lowest BCUT2D eigenvalue weighted by Gasteiger charge is -2.56. The van der Waals surface area contributed by atoms with Gasteiger partial charge in [-0.3, -0.25) is 4.90 Å². The summed E-state index contributed by atoms with van der Waals surface area (Å²) in [6, 6.07) is 0. The van der Waals surface area contributed by atoms with Crippen molar-refractivity contribution in [3.8, 4) is 0 Å². The lowest BCUT2D eigenvalue weighted by molar-refractivity contribution is -0.245. The molecular weight excluding hydrogens is 410 g/mol. The van der Waals surface area contributed by atoms with Gasteiger partial charge in [-0.1, -0.05) is 62.3 Å². The van der Waals surface area contributed by atoms with E-state index >= 15 is 0 Å². The predicted octanol–water partition coefficient (Wildman–Crippen LogP) is 6.75. The molecule has 0 amide bonds. The lowest BCUT2D eigenvalue weighted by atomic mass is 9.51. The zero-order chi connectivity index (χ0) is 23.9. The van der Waals surface area contributed by atoms with Crippen LogP contribution in [0.1, 0.15) is 108 Å². The highest BCUT2D eigenvalue weighted by atomic mass is 16.7. The Hall–Kier alpha value is -0.160. The van der Waals surface area contributed by atoms with E-state index in [2.05, 4.69) is 39.5 Å². The highest BCUT2D eigenvalue weighted by Crippen LogP contribution is 2.82. The molecule has 7 unspecified atom stereocenters. The van der Waals surface area contributed by atoms with E-state index in [-0.39, 0.29) is 25.2 Å². The van der Waals surface area contributed by atoms with Crippen molar-refractivity contribution in [1.82, 2.24) is 4.90 Å². The molecule has 4 aliphatic rings. The van der Waals surface area contributed by atoms with Crippen molar-refractivity contribution in [2.75, 3.05) is 26.2 Å². The van der Waals surface area contributed by atoms with Gasteiger partial charge in [0, 0.05) is 19.6 Å². The van der Waals surface area contributed by atoms with Crippen LogP contribution in [0.15, 0.2) is 0 Å². The third-order valence-electron chi connectivity index (χ3n) is 9.90. The van der Waals surface area contributed by atoms with Crippen LogP contribution in [0.2, 0.25) is 0 Å². The standard InChI is InChI=1S/C26H47NO3.C2H6.CH4/c1-8-18(2)19-9-10-20-24(5,6)21(11-12-26(20)16-25(19,26)7)30-22-15-27(13-14-29-22)17-23(3,4)28;1-2;/h18-22,28H,8-17H2,1-7H3;1-2H3;1H4. The van der Waals surface area contributed by atoms with Crippen molar-refractivity contribution in [3.05, 3.63) is 0 Å². The van der Waals surface area contributed by atoms with E-state index in [1.807, 2.05) is 27.7 Å². The number of morpholine rings is 1. The van der Waals surface area contributed by atoms with Crippen molar-refractivity contribution in [3.63, 3.8) is 0 Å². The van der Waals surface area contributed by atoms with Gasteiger partial charge in [0.25, 0.3) is 0 Å². The minimum Gasteiger partial charge on any atom is -0.389 e. The van der Waals surface area contributed by atoms with Crippen LogP contribution >= 0.6 is 0 Å². The minimum atomic E-state index is -0.678. The molecule has 196 valence electrons. The van der Waals surface area contributed by atoms with Crippen molar-refractivity contribution in [2.45, 2.75) is 126 Å². The molecule has 4 rings (SSSR count). The summed E-state index contributed by atoms with van der Waals surface area (Å²) >= 11 is 0. The summed E-state index contributed by atoms with van der Waals surface area (Å²) in [4.78, 5) is 2.29. The van der Waals surface area contributed by atoms with Crippen LogP contribution in [0.5, 0.6) is 0 Å². The second-order valence-electron chi connectivity index (χ2n) is 12.7. The van der Waals surface area contributed by atoms with Gasteiger partial charge in [0.15, 0.2) is 6.29 Å². The number of rotatable bonds is 6. The number of ether oxygens (including phenoxy) is 2. The minimum absolute atomic E-state index is 0. The first-order valence-electron chi connectivity index (χ1n) is 13.6. The Balaban J connectivity index is 0.00000125. The van der Waals surface area contributed by atoms with Gasteiger partial charge >= 0.3 is 0 Å². The first-order valence-corrected chi connectivity index (χ1v) is 13.6. The highest BCUT2D eigenvalue weighted by Gasteiger charge is 2.75. The maximum Gasteiger partial charge on any atom is 0.170 e. The van der Waals surface area contributed by atoms with Crippen LogP contribution in [0, 0.1) is 34.0 Å². The summed E-state index contributed by atoms with van der Waals surface area (Å²) in [6.45, 7) is 23.2. The van der Waals surface area contributed by atoms with Gasteiger partial charge < -0.3 is 14.6 Å². The monoisotopic (exact) mass is 467 g/mol. The maximum absolute atomic E-state index is 10.2. The number of hydrogen-bond acceptors (Lipinski definition) is 4. The fourth-order valence-electron chi connectivity index (χ4n) is 8.26. The van der Waals surface area contributed by atoms with Gasteiger partial charge in [0.1, 0.15) is 0 Å². The average Bonchev–Trinajstić information content (AvgIpc) is 3.35. The third kappa shape index (κ3) is 5.34. The normalized spacial score (nSPS) is 40.9. The lowest BCUT2D eigenvalue weighted by Crippen LogP contribution is -2.55. The van der Waals surface area contributed by atoms with Gasteiger partial charge in [-0.05, 0) is 80.0 Å². The zero-order valence-electron chi connectivity index (χ0n) is 22.7. The van der Waals surface area contributed by atoms with Crippen LogP contribution in [0.3, 0.4) is 0 Å². The van der Waals surface area contributed by atoms with Crippen LogP contribution < -0.4 is 0 Å². The molecule has 0 aromatic rings. The molecule has 3 aliphatic carbocycles. The van der Waals surface area contributed by atoms with Gasteiger partial charge in [-0.15, -0.1) is 0 Å². The topological polar surface area (TPSA) is 41.9 Å². The number of aliphatic hydroxyl groups is 1. The summed E-state index contributed by atoms with van der Waals surface area (Å²) in [5.41, 5.74) is 0.628. The Labute approximate surface area is 206 Å². The van der Waals surface area contributed by atoms with E-state index in [1.165, 1.54) is 32.1 Å². The molecule has 4 nitrogen and oxygen atoms in total. The van der Waals surface area contributed by atoms with E-state index in [0.29, 0.717) is 24.0 Å². The van der Waals surface area contributed by atoms with Crippen molar-refractivity contribution < 1.29 is 14.6 Å². The van der Waals surface area contributed by atoms with Crippen LogP contribution in [0.4, 0.5) is 0 Å². The molecule has 0 bridgehead atoms. The first-order chi connectivity index (χ1) is 14.9. The maximum atomic E-state index is 10.2. The number of β-amino-alcohol motifs (C(OH)–C–C–N with tert-alkyl or cyclic N) is 1. The van der Waals surface area contributed by atoms with E-state index < -0.39 is 5.60 Å². The zero-order valence-corrected chi connectivity index (χ0v) is 22.7. The molecular formula is C29H57NO3. The molecule has 1 spiro atoms. The molecule has 4 fully saturated rings. The second kappa shape index (κ2) is 10.4. The molecule has 33 heavy (non-hydrogen) atoms. The van der Waals surface area contributed by atoms with E-state index in [9.17, 15) is 5.11 Å². The molecule has 0 aromatic heterocycles. The Morgan fingerprint density at radius 2 is 1.82 bits per heavy atom. The van der Waals surface area contributed by atoms with Crippen LogP contribution in [-0.2, 0) is 9.47 Å². The second-order valence-corrected chi connectivity index (χ2v) is 12.7. The third-order valence-corrected chi connectivity index (χ3v) is 9.90. The molecule has 7 atom stereocenters. The SMILES string of the molecule is C.CC.CCC(C)C1CCC2C(C)(C)C(OC3CN(CC(C)(C)O)CCO3)CCC23CC13C. The van der Waals surface area contributed by atoms with Gasteiger partial charge in [-0.2, -0.15) is 0 Å². The molecule has 4 heteroatoms. The highest BCUT2D eigenvalue weighted by molar-refractivity contribution is 5.24. The van der Waals surface area contributed by atoms with Gasteiger partial charge in [0.2, 0.25) is 0 Å². The molecule has 1 N–H and O–H groups in total. The predicted molar refractivity (Wildman–Crippen MR) is 139 cm³/mol. The van der Waals surface area contributed by atoms with Crippen molar-refractivity contribution in [1.29, 1.82) is 0 Å². The average molecular weight is 468 g/mol. The molecule has 1 aliphatic heterocycles. The fourth-order valence-corrected chi connectivity index (χ4v) is 8.26. The van der Waals surface area contributed by atoms with Gasteiger partial charge in [-0.25, -0.2) is 0 Å². The Morgan fingerprint density at radius 3 is 2.42 bits per heavy atom. The summed E-state index contributed by atoms with van der Waals surface area (Å²) in [5, 5.41) is 10.2. The Morgan fingerprint density at radius 1 is 1.15 bits per heavy atom. The molecule has 3 saturated carbocycles.